The smallest absolute Gasteiger partial charge is 0.335 e. The van der Waals surface area contributed by atoms with Crippen LogP contribution in [0.3, 0.4) is 0 Å². The van der Waals surface area contributed by atoms with Gasteiger partial charge in [-0.3, -0.25) is 4.79 Å². The quantitative estimate of drug-likeness (QED) is 0.627. The molecule has 0 saturated carbocycles. The molecule has 0 bridgehead atoms. The van der Waals surface area contributed by atoms with Crippen LogP contribution in [0.25, 0.3) is 10.1 Å². The molecule has 0 aliphatic heterocycles. The second-order valence-corrected chi connectivity index (χ2v) is 7.03. The fourth-order valence-corrected chi connectivity index (χ4v) is 3.67. The molecule has 0 fully saturated rings. The summed E-state index contributed by atoms with van der Waals surface area (Å²) in [6, 6.07) is 13.9. The molecular weight excluding hydrogens is 366 g/mol. The maximum atomic E-state index is 12.5. The van der Waals surface area contributed by atoms with E-state index >= 15 is 0 Å². The highest BCUT2D eigenvalue weighted by atomic mass is 32.1. The minimum atomic E-state index is -0.979. The summed E-state index contributed by atoms with van der Waals surface area (Å²) in [5, 5.41) is 9.80. The van der Waals surface area contributed by atoms with Gasteiger partial charge in [0.25, 0.3) is 5.91 Å². The highest BCUT2D eigenvalue weighted by molar-refractivity contribution is 7.21. The lowest BCUT2D eigenvalue weighted by Crippen LogP contribution is -2.21. The van der Waals surface area contributed by atoms with E-state index in [4.69, 9.17) is 14.6 Å². The van der Waals surface area contributed by atoms with Crippen molar-refractivity contribution in [2.24, 2.45) is 0 Å². The molecule has 0 atom stereocenters. The van der Waals surface area contributed by atoms with Gasteiger partial charge in [-0.1, -0.05) is 12.1 Å². The van der Waals surface area contributed by atoms with Crippen molar-refractivity contribution < 1.29 is 24.2 Å². The van der Waals surface area contributed by atoms with Crippen molar-refractivity contribution in [3.8, 4) is 11.5 Å². The summed E-state index contributed by atoms with van der Waals surface area (Å²) in [7, 11) is 3.42. The third kappa shape index (κ3) is 4.20. The van der Waals surface area contributed by atoms with Gasteiger partial charge in [-0.15, -0.1) is 11.3 Å². The van der Waals surface area contributed by atoms with Gasteiger partial charge in [0.15, 0.2) is 5.75 Å². The van der Waals surface area contributed by atoms with Crippen molar-refractivity contribution in [3.63, 3.8) is 0 Å². The van der Waals surface area contributed by atoms with Gasteiger partial charge in [0.2, 0.25) is 0 Å². The molecule has 0 aliphatic rings. The number of carbonyl (C=O) groups excluding carboxylic acids is 1. The van der Waals surface area contributed by atoms with Crippen LogP contribution in [0, 0.1) is 0 Å². The second kappa shape index (κ2) is 8.09. The summed E-state index contributed by atoms with van der Waals surface area (Å²) >= 11 is 1.41. The fraction of sp³-hybridized carbons (Fsp3) is 0.200. The zero-order chi connectivity index (χ0) is 19.4. The van der Waals surface area contributed by atoms with Crippen molar-refractivity contribution in [1.82, 2.24) is 4.90 Å². The Labute approximate surface area is 160 Å². The molecule has 27 heavy (non-hydrogen) atoms. The Morgan fingerprint density at radius 2 is 1.67 bits per heavy atom. The number of thiophene rings is 1. The number of amides is 1. The van der Waals surface area contributed by atoms with Crippen LogP contribution >= 0.6 is 11.3 Å². The van der Waals surface area contributed by atoms with E-state index in [1.807, 2.05) is 24.3 Å². The van der Waals surface area contributed by atoms with Crippen molar-refractivity contribution in [3.05, 3.63) is 59.0 Å². The Hall–Kier alpha value is -3.06. The zero-order valence-corrected chi connectivity index (χ0v) is 15.8. The molecule has 1 aromatic heterocycles. The monoisotopic (exact) mass is 385 g/mol. The molecule has 2 aromatic carbocycles. The van der Waals surface area contributed by atoms with Crippen molar-refractivity contribution >= 4 is 33.3 Å². The third-order valence-corrected chi connectivity index (χ3v) is 4.99. The van der Waals surface area contributed by atoms with Gasteiger partial charge >= 0.3 is 5.97 Å². The largest absolute Gasteiger partial charge is 0.490 e. The SMILES string of the molecule is CN(C)C(=O)c1sc2ccccc2c1OCCOc1ccc(C(=O)O)cc1. The van der Waals surface area contributed by atoms with Gasteiger partial charge in [0.1, 0.15) is 23.8 Å². The lowest BCUT2D eigenvalue weighted by molar-refractivity contribution is 0.0696. The van der Waals surface area contributed by atoms with Gasteiger partial charge < -0.3 is 19.5 Å². The number of hydrogen-bond acceptors (Lipinski definition) is 5. The fourth-order valence-electron chi connectivity index (χ4n) is 2.51. The van der Waals surface area contributed by atoms with E-state index in [2.05, 4.69) is 0 Å². The van der Waals surface area contributed by atoms with Gasteiger partial charge in [-0.25, -0.2) is 4.79 Å². The van der Waals surface area contributed by atoms with E-state index in [9.17, 15) is 9.59 Å². The van der Waals surface area contributed by atoms with Crippen LogP contribution in [-0.4, -0.2) is 49.2 Å². The molecular formula is C20H19NO5S. The Bertz CT molecular complexity index is 962. The van der Waals surface area contributed by atoms with Crippen LogP contribution in [0.5, 0.6) is 11.5 Å². The normalized spacial score (nSPS) is 10.6. The molecule has 140 valence electrons. The molecule has 3 rings (SSSR count). The van der Waals surface area contributed by atoms with Crippen LogP contribution < -0.4 is 9.47 Å². The highest BCUT2D eigenvalue weighted by Gasteiger charge is 2.21. The van der Waals surface area contributed by atoms with Crippen LogP contribution in [-0.2, 0) is 0 Å². The van der Waals surface area contributed by atoms with E-state index in [1.54, 1.807) is 26.2 Å². The first kappa shape index (κ1) is 18.7. The molecule has 6 nitrogen and oxygen atoms in total. The van der Waals surface area contributed by atoms with Gasteiger partial charge in [-0.05, 0) is 36.4 Å². The Morgan fingerprint density at radius 3 is 2.33 bits per heavy atom. The average molecular weight is 385 g/mol. The number of carbonyl (C=O) groups is 2. The lowest BCUT2D eigenvalue weighted by Gasteiger charge is -2.12. The maximum absolute atomic E-state index is 12.5. The standard InChI is InChI=1S/C20H19NO5S/c1-21(2)19(22)18-17(15-5-3-4-6-16(15)27-18)26-12-11-25-14-9-7-13(8-10-14)20(23)24/h3-10H,11-12H2,1-2H3,(H,23,24). The molecule has 1 heterocycles. The summed E-state index contributed by atoms with van der Waals surface area (Å²) in [5.41, 5.74) is 0.204. The molecule has 0 unspecified atom stereocenters. The predicted octanol–water partition coefficient (Wildman–Crippen LogP) is 3.76. The zero-order valence-electron chi connectivity index (χ0n) is 15.0. The van der Waals surface area contributed by atoms with E-state index < -0.39 is 5.97 Å². The summed E-state index contributed by atoms with van der Waals surface area (Å²) < 4.78 is 12.5. The number of carboxylic acid groups (broad SMARTS) is 1. The van der Waals surface area contributed by atoms with Crippen LogP contribution in [0.1, 0.15) is 20.0 Å². The second-order valence-electron chi connectivity index (χ2n) is 5.98. The summed E-state index contributed by atoms with van der Waals surface area (Å²) in [6.45, 7) is 0.529. The Balaban J connectivity index is 1.68. The molecule has 0 radical (unpaired) electrons. The van der Waals surface area contributed by atoms with E-state index in [-0.39, 0.29) is 24.7 Å². The topological polar surface area (TPSA) is 76.1 Å². The number of carboxylic acids is 1. The number of benzene rings is 2. The van der Waals surface area contributed by atoms with Crippen molar-refractivity contribution in [2.45, 2.75) is 0 Å². The molecule has 1 N–H and O–H groups in total. The third-order valence-electron chi connectivity index (χ3n) is 3.85. The van der Waals surface area contributed by atoms with Crippen LogP contribution in [0.2, 0.25) is 0 Å². The Morgan fingerprint density at radius 1 is 1.00 bits per heavy atom. The van der Waals surface area contributed by atoms with Crippen molar-refractivity contribution in [2.75, 3.05) is 27.3 Å². The number of nitrogens with zero attached hydrogens (tertiary/aromatic N) is 1. The van der Waals surface area contributed by atoms with Crippen LogP contribution in [0.4, 0.5) is 0 Å². The van der Waals surface area contributed by atoms with E-state index in [0.29, 0.717) is 16.4 Å². The van der Waals surface area contributed by atoms with Crippen LogP contribution in [0.15, 0.2) is 48.5 Å². The number of rotatable bonds is 7. The number of fused-ring (bicyclic) bond motifs is 1. The molecule has 0 saturated heterocycles. The van der Waals surface area contributed by atoms with Crippen molar-refractivity contribution in [1.29, 1.82) is 0 Å². The van der Waals surface area contributed by atoms with E-state index in [1.165, 1.54) is 28.4 Å². The molecule has 3 aromatic rings. The number of aromatic carboxylic acids is 1. The van der Waals surface area contributed by atoms with Gasteiger partial charge in [0, 0.05) is 24.2 Å². The molecule has 7 heteroatoms. The molecule has 1 amide bonds. The van der Waals surface area contributed by atoms with Gasteiger partial charge in [0.05, 0.1) is 5.56 Å². The number of ether oxygens (including phenoxy) is 2. The summed E-state index contributed by atoms with van der Waals surface area (Å²) in [5.74, 6) is 0.0474. The lowest BCUT2D eigenvalue weighted by atomic mass is 10.2. The van der Waals surface area contributed by atoms with Gasteiger partial charge in [-0.2, -0.15) is 0 Å². The highest BCUT2D eigenvalue weighted by Crippen LogP contribution is 2.38. The molecule has 0 spiro atoms. The molecule has 0 aliphatic carbocycles. The Kier molecular flexibility index (Phi) is 5.61. The first-order chi connectivity index (χ1) is 13.0. The van der Waals surface area contributed by atoms with E-state index in [0.717, 1.165) is 10.1 Å². The first-order valence-electron chi connectivity index (χ1n) is 8.29. The summed E-state index contributed by atoms with van der Waals surface area (Å²) in [6.07, 6.45) is 0. The summed E-state index contributed by atoms with van der Waals surface area (Å²) in [4.78, 5) is 25.4. The predicted molar refractivity (Wildman–Crippen MR) is 104 cm³/mol. The average Bonchev–Trinajstić information content (AvgIpc) is 3.03. The first-order valence-corrected chi connectivity index (χ1v) is 9.11. The minimum absolute atomic E-state index is 0.101. The maximum Gasteiger partial charge on any atom is 0.335 e. The number of hydrogen-bond donors (Lipinski definition) is 1. The minimum Gasteiger partial charge on any atom is -0.490 e.